The Morgan fingerprint density at radius 1 is 0.560 bits per heavy atom. The number of ether oxygens (including phenoxy) is 4. The Kier molecular flexibility index (Phi) is 20.8. The van der Waals surface area contributed by atoms with Crippen LogP contribution in [0, 0.1) is 0 Å². The van der Waals surface area contributed by atoms with E-state index in [1.54, 1.807) is 0 Å². The average Bonchev–Trinajstić information content (AvgIpc) is 2.63. The third-order valence-electron chi connectivity index (χ3n) is 3.91. The molecule has 25 heavy (non-hydrogen) atoms. The fraction of sp³-hybridized carbons (Fsp3) is 1.00. The molecule has 152 valence electrons. The van der Waals surface area contributed by atoms with Gasteiger partial charge in [0.25, 0.3) is 0 Å². The summed E-state index contributed by atoms with van der Waals surface area (Å²) in [5.74, 6) is 0. The van der Waals surface area contributed by atoms with Gasteiger partial charge in [-0.3, -0.25) is 0 Å². The van der Waals surface area contributed by atoms with Crippen LogP contribution in [0.25, 0.3) is 0 Å². The zero-order valence-electron chi connectivity index (χ0n) is 17.4. The molecule has 0 aliphatic rings. The van der Waals surface area contributed by atoms with Gasteiger partial charge in [0.15, 0.2) is 12.6 Å². The zero-order valence-corrected chi connectivity index (χ0v) is 20.2. The Labute approximate surface area is 161 Å². The molecule has 0 heterocycles. The lowest BCUT2D eigenvalue weighted by atomic mass is 10.5. The van der Waals surface area contributed by atoms with Crippen LogP contribution in [0.1, 0.15) is 59.8 Å². The lowest BCUT2D eigenvalue weighted by Crippen LogP contribution is -2.20. The van der Waals surface area contributed by atoms with Crippen molar-refractivity contribution in [2.45, 2.75) is 96.6 Å². The Morgan fingerprint density at radius 3 is 1.16 bits per heavy atom. The molecule has 0 unspecified atom stereocenters. The SMILES string of the molecule is CCCOC(C[SiH2]CCC[SiH2]CC(OCCC)OCCC)OCCC. The molecule has 6 heteroatoms. The highest BCUT2D eigenvalue weighted by molar-refractivity contribution is 6.37. The first-order valence-electron chi connectivity index (χ1n) is 10.7. The lowest BCUT2D eigenvalue weighted by Gasteiger charge is -2.18. The molecule has 0 aromatic carbocycles. The second kappa shape index (κ2) is 20.6. The first-order chi connectivity index (χ1) is 12.3. The number of hydrogen-bond acceptors (Lipinski definition) is 4. The fourth-order valence-corrected chi connectivity index (χ4v) is 6.61. The van der Waals surface area contributed by atoms with E-state index in [2.05, 4.69) is 27.7 Å². The molecule has 0 N–H and O–H groups in total. The van der Waals surface area contributed by atoms with E-state index in [1.165, 1.54) is 30.6 Å². The van der Waals surface area contributed by atoms with Crippen molar-refractivity contribution in [1.82, 2.24) is 0 Å². The summed E-state index contributed by atoms with van der Waals surface area (Å²) in [6.07, 6.45) is 5.81. The maximum Gasteiger partial charge on any atom is 0.154 e. The maximum atomic E-state index is 5.82. The van der Waals surface area contributed by atoms with Gasteiger partial charge in [-0.05, 0) is 37.8 Å². The Hall–Kier alpha value is 0.274. The van der Waals surface area contributed by atoms with E-state index in [0.717, 1.165) is 52.1 Å². The van der Waals surface area contributed by atoms with Crippen molar-refractivity contribution in [3.8, 4) is 0 Å². The number of rotatable bonds is 20. The van der Waals surface area contributed by atoms with Gasteiger partial charge >= 0.3 is 0 Å². The smallest absolute Gasteiger partial charge is 0.154 e. The second-order valence-corrected chi connectivity index (χ2v) is 10.7. The molecule has 0 atom stereocenters. The summed E-state index contributed by atoms with van der Waals surface area (Å²) in [4.78, 5) is 0. The van der Waals surface area contributed by atoms with Gasteiger partial charge in [0.05, 0.1) is 0 Å². The van der Waals surface area contributed by atoms with E-state index in [0.29, 0.717) is 0 Å². The molecule has 0 aromatic rings. The van der Waals surface area contributed by atoms with Gasteiger partial charge in [-0.25, -0.2) is 0 Å². The Balaban J connectivity index is 3.69. The van der Waals surface area contributed by atoms with E-state index in [4.69, 9.17) is 18.9 Å². The molecule has 0 radical (unpaired) electrons. The molecule has 0 aliphatic heterocycles. The highest BCUT2D eigenvalue weighted by Crippen LogP contribution is 2.09. The highest BCUT2D eigenvalue weighted by atomic mass is 28.2. The summed E-state index contributed by atoms with van der Waals surface area (Å²) < 4.78 is 23.3. The molecule has 0 amide bonds. The van der Waals surface area contributed by atoms with Crippen LogP contribution in [-0.2, 0) is 18.9 Å². The molecule has 0 aliphatic carbocycles. The van der Waals surface area contributed by atoms with Crippen LogP contribution in [0.15, 0.2) is 0 Å². The van der Waals surface area contributed by atoms with Crippen molar-refractivity contribution in [2.75, 3.05) is 26.4 Å². The van der Waals surface area contributed by atoms with Gasteiger partial charge in [0, 0.05) is 45.5 Å². The summed E-state index contributed by atoms with van der Waals surface area (Å²) in [7, 11) is -0.113. The van der Waals surface area contributed by atoms with E-state index in [1.807, 2.05) is 0 Å². The van der Waals surface area contributed by atoms with E-state index >= 15 is 0 Å². The van der Waals surface area contributed by atoms with Crippen molar-refractivity contribution in [3.05, 3.63) is 0 Å². The van der Waals surface area contributed by atoms with E-state index < -0.39 is 0 Å². The first-order valence-corrected chi connectivity index (χ1v) is 14.7. The largest absolute Gasteiger partial charge is 0.353 e. The Bertz CT molecular complexity index is 218. The van der Waals surface area contributed by atoms with Gasteiger partial charge in [0.1, 0.15) is 0 Å². The van der Waals surface area contributed by atoms with Crippen LogP contribution >= 0.6 is 0 Å². The number of hydrogen-bond donors (Lipinski definition) is 0. The summed E-state index contributed by atoms with van der Waals surface area (Å²) in [5, 5.41) is 0. The minimum atomic E-state index is -0.0563. The third-order valence-corrected chi connectivity index (χ3v) is 7.67. The molecule has 0 bridgehead atoms. The molecule has 0 spiro atoms. The zero-order chi connectivity index (χ0) is 18.6. The van der Waals surface area contributed by atoms with Crippen LogP contribution in [0.4, 0.5) is 0 Å². The average molecular weight is 393 g/mol. The van der Waals surface area contributed by atoms with Gasteiger partial charge < -0.3 is 18.9 Å². The summed E-state index contributed by atoms with van der Waals surface area (Å²) in [6.45, 7) is 11.9. The van der Waals surface area contributed by atoms with Gasteiger partial charge in [-0.1, -0.05) is 46.2 Å². The molecule has 0 aromatic heterocycles. The lowest BCUT2D eigenvalue weighted by molar-refractivity contribution is -0.130. The molecule has 4 nitrogen and oxygen atoms in total. The third kappa shape index (κ3) is 17.4. The predicted octanol–water partition coefficient (Wildman–Crippen LogP) is 3.75. The van der Waals surface area contributed by atoms with E-state index in [-0.39, 0.29) is 31.6 Å². The van der Waals surface area contributed by atoms with Crippen molar-refractivity contribution in [1.29, 1.82) is 0 Å². The second-order valence-electron chi connectivity index (χ2n) is 6.69. The van der Waals surface area contributed by atoms with Crippen LogP contribution < -0.4 is 0 Å². The van der Waals surface area contributed by atoms with Crippen LogP contribution in [-0.4, -0.2) is 58.0 Å². The normalized spacial score (nSPS) is 12.7. The van der Waals surface area contributed by atoms with Gasteiger partial charge in [0.2, 0.25) is 0 Å². The summed E-state index contributed by atoms with van der Waals surface area (Å²) in [6, 6.07) is 5.18. The minimum Gasteiger partial charge on any atom is -0.353 e. The molecule has 0 fully saturated rings. The molecular formula is C19H44O4Si2. The monoisotopic (exact) mass is 392 g/mol. The first kappa shape index (κ1) is 25.3. The summed E-state index contributed by atoms with van der Waals surface area (Å²) in [5.41, 5.74) is 0. The summed E-state index contributed by atoms with van der Waals surface area (Å²) >= 11 is 0. The van der Waals surface area contributed by atoms with E-state index in [9.17, 15) is 0 Å². The van der Waals surface area contributed by atoms with Crippen molar-refractivity contribution in [2.24, 2.45) is 0 Å². The minimum absolute atomic E-state index is 0.0563. The molecular weight excluding hydrogens is 348 g/mol. The Morgan fingerprint density at radius 2 is 0.880 bits per heavy atom. The van der Waals surface area contributed by atoms with Crippen LogP contribution in [0.5, 0.6) is 0 Å². The maximum absolute atomic E-state index is 5.82. The molecule has 0 saturated carbocycles. The quantitative estimate of drug-likeness (QED) is 0.180. The van der Waals surface area contributed by atoms with Crippen molar-refractivity contribution >= 4 is 19.0 Å². The van der Waals surface area contributed by atoms with Crippen molar-refractivity contribution < 1.29 is 18.9 Å². The fourth-order valence-electron chi connectivity index (χ4n) is 2.58. The van der Waals surface area contributed by atoms with Gasteiger partial charge in [-0.15, -0.1) is 0 Å². The van der Waals surface area contributed by atoms with Crippen LogP contribution in [0.2, 0.25) is 24.2 Å². The highest BCUT2D eigenvalue weighted by Gasteiger charge is 2.10. The standard InChI is InChI=1S/C19H44O4Si2/c1-5-10-20-18(21-11-6-2)16-24-14-9-15-25-17-19(22-12-7-3)23-13-8-4/h18-19H,5-17,24-25H2,1-4H3. The van der Waals surface area contributed by atoms with Crippen LogP contribution in [0.3, 0.4) is 0 Å². The molecule has 0 saturated heterocycles. The predicted molar refractivity (Wildman–Crippen MR) is 113 cm³/mol. The topological polar surface area (TPSA) is 36.9 Å². The van der Waals surface area contributed by atoms with Crippen molar-refractivity contribution in [3.63, 3.8) is 0 Å². The molecule has 0 rings (SSSR count). The van der Waals surface area contributed by atoms with Gasteiger partial charge in [-0.2, -0.15) is 0 Å².